The van der Waals surface area contributed by atoms with E-state index in [4.69, 9.17) is 0 Å². The van der Waals surface area contributed by atoms with Gasteiger partial charge in [-0.25, -0.2) is 9.97 Å². The molecule has 1 aromatic rings. The van der Waals surface area contributed by atoms with Gasteiger partial charge in [0.1, 0.15) is 18.0 Å². The predicted octanol–water partition coefficient (Wildman–Crippen LogP) is 0.830. The minimum Gasteiger partial charge on any atom is -0.367 e. The third-order valence-electron chi connectivity index (χ3n) is 2.93. The van der Waals surface area contributed by atoms with Crippen LogP contribution in [0.15, 0.2) is 12.4 Å². The second kappa shape index (κ2) is 3.73. The summed E-state index contributed by atoms with van der Waals surface area (Å²) < 4.78 is 0. The van der Waals surface area contributed by atoms with Gasteiger partial charge >= 0.3 is 0 Å². The van der Waals surface area contributed by atoms with Crippen molar-refractivity contribution in [3.05, 3.63) is 12.4 Å². The summed E-state index contributed by atoms with van der Waals surface area (Å²) in [4.78, 5) is 21.6. The lowest BCUT2D eigenvalue weighted by molar-refractivity contribution is -0.116. The first kappa shape index (κ1) is 9.57. The molecule has 1 N–H and O–H groups in total. The lowest BCUT2D eigenvalue weighted by Crippen LogP contribution is -2.21. The van der Waals surface area contributed by atoms with Gasteiger partial charge in [-0.1, -0.05) is 0 Å². The molecule has 84 valence electrons. The molecule has 2 aliphatic rings. The van der Waals surface area contributed by atoms with Gasteiger partial charge in [0.2, 0.25) is 0 Å². The number of nitrogens with zero attached hydrogens (tertiary/aromatic N) is 3. The Morgan fingerprint density at radius 2 is 2.25 bits per heavy atom. The van der Waals surface area contributed by atoms with Crippen LogP contribution < -0.4 is 10.2 Å². The molecule has 0 atom stereocenters. The standard InChI is InChI=1S/C11H14N4O/c16-9-3-4-15(6-9)11-5-10(12-7-13-11)14-8-1-2-8/h5,7-8H,1-4,6H2,(H,12,13,14). The van der Waals surface area contributed by atoms with Gasteiger partial charge < -0.3 is 10.2 Å². The largest absolute Gasteiger partial charge is 0.367 e. The first-order valence-electron chi connectivity index (χ1n) is 5.66. The van der Waals surface area contributed by atoms with Gasteiger partial charge in [-0.05, 0) is 12.8 Å². The van der Waals surface area contributed by atoms with Crippen molar-refractivity contribution in [3.63, 3.8) is 0 Å². The van der Waals surface area contributed by atoms with E-state index in [-0.39, 0.29) is 5.78 Å². The van der Waals surface area contributed by atoms with Gasteiger partial charge in [-0.3, -0.25) is 4.79 Å². The smallest absolute Gasteiger partial charge is 0.153 e. The van der Waals surface area contributed by atoms with Gasteiger partial charge in [0.05, 0.1) is 6.54 Å². The molecule has 0 radical (unpaired) electrons. The van der Waals surface area contributed by atoms with E-state index in [9.17, 15) is 4.79 Å². The van der Waals surface area contributed by atoms with E-state index in [1.165, 1.54) is 12.8 Å². The number of carbonyl (C=O) groups is 1. The van der Waals surface area contributed by atoms with Crippen LogP contribution in [0.4, 0.5) is 11.6 Å². The molecule has 16 heavy (non-hydrogen) atoms. The zero-order valence-electron chi connectivity index (χ0n) is 9.02. The molecule has 1 aliphatic heterocycles. The highest BCUT2D eigenvalue weighted by atomic mass is 16.1. The lowest BCUT2D eigenvalue weighted by atomic mass is 10.4. The molecule has 0 aromatic carbocycles. The highest BCUT2D eigenvalue weighted by molar-refractivity contribution is 5.86. The average molecular weight is 218 g/mol. The second-order valence-electron chi connectivity index (χ2n) is 4.39. The Balaban J connectivity index is 1.75. The fourth-order valence-corrected chi connectivity index (χ4v) is 1.86. The fourth-order valence-electron chi connectivity index (χ4n) is 1.86. The normalized spacial score (nSPS) is 20.2. The summed E-state index contributed by atoms with van der Waals surface area (Å²) in [6.07, 6.45) is 4.64. The van der Waals surface area contributed by atoms with E-state index in [1.54, 1.807) is 6.33 Å². The molecule has 0 amide bonds. The number of carbonyl (C=O) groups excluding carboxylic acids is 1. The molecular weight excluding hydrogens is 204 g/mol. The van der Waals surface area contributed by atoms with Crippen LogP contribution in [0.2, 0.25) is 0 Å². The van der Waals surface area contributed by atoms with Crippen molar-refractivity contribution in [1.82, 2.24) is 9.97 Å². The van der Waals surface area contributed by atoms with E-state index >= 15 is 0 Å². The molecule has 1 aliphatic carbocycles. The molecule has 1 aromatic heterocycles. The Kier molecular flexibility index (Phi) is 2.23. The van der Waals surface area contributed by atoms with E-state index in [1.807, 2.05) is 11.0 Å². The topological polar surface area (TPSA) is 58.1 Å². The van der Waals surface area contributed by atoms with Crippen molar-refractivity contribution >= 4 is 17.4 Å². The van der Waals surface area contributed by atoms with Crippen molar-refractivity contribution < 1.29 is 4.79 Å². The summed E-state index contributed by atoms with van der Waals surface area (Å²) in [5.41, 5.74) is 0. The molecule has 1 saturated heterocycles. The van der Waals surface area contributed by atoms with Crippen molar-refractivity contribution in [2.45, 2.75) is 25.3 Å². The minimum atomic E-state index is 0.287. The third-order valence-corrected chi connectivity index (χ3v) is 2.93. The number of ketones is 1. The summed E-state index contributed by atoms with van der Waals surface area (Å²) in [6.45, 7) is 1.26. The molecule has 2 heterocycles. The lowest BCUT2D eigenvalue weighted by Gasteiger charge is -2.15. The van der Waals surface area contributed by atoms with Gasteiger partial charge in [0.15, 0.2) is 5.78 Å². The van der Waals surface area contributed by atoms with Crippen LogP contribution in [0.25, 0.3) is 0 Å². The zero-order chi connectivity index (χ0) is 11.0. The minimum absolute atomic E-state index is 0.287. The van der Waals surface area contributed by atoms with Crippen molar-refractivity contribution in [2.24, 2.45) is 0 Å². The highest BCUT2D eigenvalue weighted by Crippen LogP contribution is 2.25. The molecular formula is C11H14N4O. The quantitative estimate of drug-likeness (QED) is 0.814. The molecule has 0 spiro atoms. The van der Waals surface area contributed by atoms with Gasteiger partial charge in [-0.2, -0.15) is 0 Å². The SMILES string of the molecule is O=C1CCN(c2cc(NC3CC3)ncn2)C1. The van der Waals surface area contributed by atoms with Gasteiger partial charge in [-0.15, -0.1) is 0 Å². The average Bonchev–Trinajstić information content (AvgIpc) is 2.98. The van der Waals surface area contributed by atoms with Crippen LogP contribution in [0.3, 0.4) is 0 Å². The number of Topliss-reactive ketones (excluding diaryl/α,β-unsaturated/α-hetero) is 1. The van der Waals surface area contributed by atoms with E-state index in [0.717, 1.165) is 18.2 Å². The third kappa shape index (κ3) is 1.98. The number of aromatic nitrogens is 2. The van der Waals surface area contributed by atoms with E-state index in [0.29, 0.717) is 19.0 Å². The summed E-state index contributed by atoms with van der Waals surface area (Å²) >= 11 is 0. The maximum Gasteiger partial charge on any atom is 0.153 e. The highest BCUT2D eigenvalue weighted by Gasteiger charge is 2.23. The number of rotatable bonds is 3. The van der Waals surface area contributed by atoms with E-state index < -0.39 is 0 Å². The first-order valence-corrected chi connectivity index (χ1v) is 5.66. The Morgan fingerprint density at radius 1 is 1.38 bits per heavy atom. The molecule has 1 saturated carbocycles. The Hall–Kier alpha value is -1.65. The van der Waals surface area contributed by atoms with Crippen LogP contribution >= 0.6 is 0 Å². The van der Waals surface area contributed by atoms with Crippen LogP contribution in [-0.2, 0) is 4.79 Å². The number of anilines is 2. The zero-order valence-corrected chi connectivity index (χ0v) is 9.02. The summed E-state index contributed by atoms with van der Waals surface area (Å²) in [5.74, 6) is 2.01. The predicted molar refractivity (Wildman–Crippen MR) is 60.5 cm³/mol. The molecule has 3 rings (SSSR count). The van der Waals surface area contributed by atoms with Crippen LogP contribution in [-0.4, -0.2) is 34.9 Å². The Bertz CT molecular complexity index is 416. The summed E-state index contributed by atoms with van der Waals surface area (Å²) in [5, 5.41) is 3.33. The number of hydrogen-bond donors (Lipinski definition) is 1. The van der Waals surface area contributed by atoms with Crippen LogP contribution in [0.5, 0.6) is 0 Å². The Labute approximate surface area is 93.9 Å². The molecule has 5 heteroatoms. The number of nitrogens with one attached hydrogen (secondary N) is 1. The monoisotopic (exact) mass is 218 g/mol. The van der Waals surface area contributed by atoms with E-state index in [2.05, 4.69) is 15.3 Å². The molecule has 0 unspecified atom stereocenters. The van der Waals surface area contributed by atoms with Crippen LogP contribution in [0.1, 0.15) is 19.3 Å². The summed E-state index contributed by atoms with van der Waals surface area (Å²) in [7, 11) is 0. The molecule has 0 bridgehead atoms. The van der Waals surface area contributed by atoms with Gasteiger partial charge in [0, 0.05) is 25.1 Å². The van der Waals surface area contributed by atoms with Crippen molar-refractivity contribution in [1.29, 1.82) is 0 Å². The maximum atomic E-state index is 11.2. The van der Waals surface area contributed by atoms with Crippen molar-refractivity contribution in [3.8, 4) is 0 Å². The molecule has 2 fully saturated rings. The number of hydrogen-bond acceptors (Lipinski definition) is 5. The maximum absolute atomic E-state index is 11.2. The Morgan fingerprint density at radius 3 is 2.94 bits per heavy atom. The molecule has 5 nitrogen and oxygen atoms in total. The second-order valence-corrected chi connectivity index (χ2v) is 4.39. The first-order chi connectivity index (χ1) is 7.81. The van der Waals surface area contributed by atoms with Crippen LogP contribution in [0, 0.1) is 0 Å². The van der Waals surface area contributed by atoms with Crippen molar-refractivity contribution in [2.75, 3.05) is 23.3 Å². The fraction of sp³-hybridized carbons (Fsp3) is 0.545. The summed E-state index contributed by atoms with van der Waals surface area (Å²) in [6, 6.07) is 2.51. The van der Waals surface area contributed by atoms with Gasteiger partial charge in [0.25, 0.3) is 0 Å².